The van der Waals surface area contributed by atoms with Gasteiger partial charge >= 0.3 is 0 Å². The number of anilines is 1. The standard InChI is InChI=1S/C20H28N6O2/c1-12-8-17(25-26(12)2)20(28)21-15-9-14(10-15)16-11-18(24-23-16)22-19(27)13-6-4-3-5-7-13/h8,11,13-15H,3-7,9-10H2,1-2H3,(H,21,28)(H2,22,23,24,27). The van der Waals surface area contributed by atoms with E-state index in [1.807, 2.05) is 20.0 Å². The number of nitrogens with zero attached hydrogens (tertiary/aromatic N) is 3. The van der Waals surface area contributed by atoms with Crippen LogP contribution in [0.15, 0.2) is 12.1 Å². The van der Waals surface area contributed by atoms with E-state index < -0.39 is 0 Å². The van der Waals surface area contributed by atoms with Gasteiger partial charge in [0.2, 0.25) is 5.91 Å². The molecule has 28 heavy (non-hydrogen) atoms. The summed E-state index contributed by atoms with van der Waals surface area (Å²) >= 11 is 0. The minimum absolute atomic E-state index is 0.0853. The maximum absolute atomic E-state index is 12.3. The first-order chi connectivity index (χ1) is 13.5. The van der Waals surface area contributed by atoms with Crippen molar-refractivity contribution in [2.24, 2.45) is 13.0 Å². The van der Waals surface area contributed by atoms with Crippen LogP contribution in [-0.2, 0) is 11.8 Å². The molecule has 0 radical (unpaired) electrons. The maximum Gasteiger partial charge on any atom is 0.272 e. The summed E-state index contributed by atoms with van der Waals surface area (Å²) in [6, 6.07) is 3.86. The highest BCUT2D eigenvalue weighted by Gasteiger charge is 2.33. The molecule has 2 aromatic heterocycles. The van der Waals surface area contributed by atoms with E-state index >= 15 is 0 Å². The summed E-state index contributed by atoms with van der Waals surface area (Å²) in [7, 11) is 1.83. The summed E-state index contributed by atoms with van der Waals surface area (Å²) < 4.78 is 1.70. The van der Waals surface area contributed by atoms with Crippen molar-refractivity contribution in [1.82, 2.24) is 25.3 Å². The topological polar surface area (TPSA) is 105 Å². The number of carbonyl (C=O) groups is 2. The number of nitrogens with one attached hydrogen (secondary N) is 3. The second-order valence-corrected chi connectivity index (χ2v) is 8.17. The van der Waals surface area contributed by atoms with Crippen molar-refractivity contribution in [2.75, 3.05) is 5.32 Å². The summed E-state index contributed by atoms with van der Waals surface area (Å²) in [6.07, 6.45) is 7.17. The number of H-pyrrole nitrogens is 1. The molecule has 0 aromatic carbocycles. The van der Waals surface area contributed by atoms with E-state index in [9.17, 15) is 9.59 Å². The lowest BCUT2D eigenvalue weighted by Gasteiger charge is -2.34. The molecule has 2 aliphatic carbocycles. The predicted molar refractivity (Wildman–Crippen MR) is 105 cm³/mol. The number of amides is 2. The Balaban J connectivity index is 1.25. The molecule has 0 unspecified atom stereocenters. The Hall–Kier alpha value is -2.64. The van der Waals surface area contributed by atoms with Crippen LogP contribution in [0.25, 0.3) is 0 Å². The van der Waals surface area contributed by atoms with Crippen molar-refractivity contribution in [1.29, 1.82) is 0 Å². The van der Waals surface area contributed by atoms with E-state index in [1.165, 1.54) is 6.42 Å². The number of aromatic amines is 1. The summed E-state index contributed by atoms with van der Waals surface area (Å²) in [5.74, 6) is 0.998. The summed E-state index contributed by atoms with van der Waals surface area (Å²) in [5, 5.41) is 17.5. The summed E-state index contributed by atoms with van der Waals surface area (Å²) in [6.45, 7) is 1.92. The van der Waals surface area contributed by atoms with Crippen molar-refractivity contribution in [3.8, 4) is 0 Å². The quantitative estimate of drug-likeness (QED) is 0.737. The number of hydrogen-bond acceptors (Lipinski definition) is 4. The SMILES string of the molecule is Cc1cc(C(=O)NC2CC(c3cc(NC(=O)C4CCCCC4)n[nH]3)C2)nn1C. The molecule has 0 spiro atoms. The first kappa shape index (κ1) is 18.7. The van der Waals surface area contributed by atoms with Gasteiger partial charge in [0.05, 0.1) is 0 Å². The Labute approximate surface area is 164 Å². The zero-order chi connectivity index (χ0) is 19.7. The van der Waals surface area contributed by atoms with E-state index in [4.69, 9.17) is 0 Å². The van der Waals surface area contributed by atoms with Crippen molar-refractivity contribution in [3.05, 3.63) is 29.2 Å². The van der Waals surface area contributed by atoms with Gasteiger partial charge in [-0.1, -0.05) is 19.3 Å². The second kappa shape index (κ2) is 7.77. The fraction of sp³-hybridized carbons (Fsp3) is 0.600. The van der Waals surface area contributed by atoms with Gasteiger partial charge in [-0.3, -0.25) is 19.4 Å². The smallest absolute Gasteiger partial charge is 0.272 e. The molecule has 2 heterocycles. The minimum Gasteiger partial charge on any atom is -0.348 e. The third-order valence-electron chi connectivity index (χ3n) is 6.08. The van der Waals surface area contributed by atoms with Crippen molar-refractivity contribution in [3.63, 3.8) is 0 Å². The molecule has 0 saturated heterocycles. The van der Waals surface area contributed by atoms with Crippen molar-refractivity contribution >= 4 is 17.6 Å². The lowest BCUT2D eigenvalue weighted by atomic mass is 9.78. The molecule has 4 rings (SSSR count). The van der Waals surface area contributed by atoms with Crippen LogP contribution < -0.4 is 10.6 Å². The zero-order valence-electron chi connectivity index (χ0n) is 16.5. The predicted octanol–water partition coefficient (Wildman–Crippen LogP) is 2.65. The molecule has 2 aromatic rings. The molecule has 2 fully saturated rings. The molecule has 0 aliphatic heterocycles. The largest absolute Gasteiger partial charge is 0.348 e. The minimum atomic E-state index is -0.128. The van der Waals surface area contributed by atoms with Gasteiger partial charge in [0.15, 0.2) is 5.82 Å². The number of aryl methyl sites for hydroxylation is 2. The van der Waals surface area contributed by atoms with Crippen LogP contribution in [0.4, 0.5) is 5.82 Å². The molecule has 0 atom stereocenters. The summed E-state index contributed by atoms with van der Waals surface area (Å²) in [4.78, 5) is 24.6. The molecule has 8 nitrogen and oxygen atoms in total. The number of aromatic nitrogens is 4. The van der Waals surface area contributed by atoms with Gasteiger partial charge in [-0.05, 0) is 38.7 Å². The Morgan fingerprint density at radius 2 is 1.93 bits per heavy atom. The van der Waals surface area contributed by atoms with Crippen molar-refractivity contribution in [2.45, 2.75) is 63.8 Å². The summed E-state index contributed by atoms with van der Waals surface area (Å²) in [5.41, 5.74) is 2.42. The van der Waals surface area contributed by atoms with E-state index in [0.717, 1.165) is 49.9 Å². The third-order valence-corrected chi connectivity index (χ3v) is 6.08. The molecular weight excluding hydrogens is 356 g/mol. The highest BCUT2D eigenvalue weighted by molar-refractivity contribution is 5.93. The average Bonchev–Trinajstić information content (AvgIpc) is 3.25. The normalized spacial score (nSPS) is 22.5. The van der Waals surface area contributed by atoms with Gasteiger partial charge < -0.3 is 10.6 Å². The first-order valence-electron chi connectivity index (χ1n) is 10.2. The van der Waals surface area contributed by atoms with Crippen LogP contribution >= 0.6 is 0 Å². The highest BCUT2D eigenvalue weighted by Crippen LogP contribution is 2.37. The highest BCUT2D eigenvalue weighted by atomic mass is 16.2. The van der Waals surface area contributed by atoms with Gasteiger partial charge in [0, 0.05) is 42.4 Å². The molecule has 2 amide bonds. The molecule has 8 heteroatoms. The lowest BCUT2D eigenvalue weighted by Crippen LogP contribution is -2.43. The van der Waals surface area contributed by atoms with Crippen LogP contribution in [0.2, 0.25) is 0 Å². The Morgan fingerprint density at radius 3 is 2.61 bits per heavy atom. The molecule has 150 valence electrons. The number of carbonyl (C=O) groups excluding carboxylic acids is 2. The van der Waals surface area contributed by atoms with Crippen LogP contribution in [0.1, 0.15) is 72.7 Å². The van der Waals surface area contributed by atoms with Crippen LogP contribution in [0.5, 0.6) is 0 Å². The van der Waals surface area contributed by atoms with E-state index in [1.54, 1.807) is 10.7 Å². The second-order valence-electron chi connectivity index (χ2n) is 8.17. The van der Waals surface area contributed by atoms with Gasteiger partial charge in [-0.2, -0.15) is 10.2 Å². The van der Waals surface area contributed by atoms with Crippen LogP contribution in [0.3, 0.4) is 0 Å². The van der Waals surface area contributed by atoms with E-state index in [2.05, 4.69) is 25.9 Å². The molecule has 2 aliphatic rings. The Bertz CT molecular complexity index is 838. The lowest BCUT2D eigenvalue weighted by molar-refractivity contribution is -0.120. The monoisotopic (exact) mass is 384 g/mol. The van der Waals surface area contributed by atoms with E-state index in [0.29, 0.717) is 17.4 Å². The van der Waals surface area contributed by atoms with Gasteiger partial charge in [0.25, 0.3) is 5.91 Å². The zero-order valence-corrected chi connectivity index (χ0v) is 16.5. The third kappa shape index (κ3) is 3.95. The maximum atomic E-state index is 12.3. The van der Waals surface area contributed by atoms with E-state index in [-0.39, 0.29) is 23.8 Å². The van der Waals surface area contributed by atoms with Crippen molar-refractivity contribution < 1.29 is 9.59 Å². The van der Waals surface area contributed by atoms with Crippen LogP contribution in [0, 0.1) is 12.8 Å². The molecule has 3 N–H and O–H groups in total. The molecule has 2 saturated carbocycles. The van der Waals surface area contributed by atoms with Gasteiger partial charge in [-0.15, -0.1) is 0 Å². The Morgan fingerprint density at radius 1 is 1.18 bits per heavy atom. The number of hydrogen-bond donors (Lipinski definition) is 3. The molecule has 0 bridgehead atoms. The molecular formula is C20H28N6O2. The number of rotatable bonds is 5. The van der Waals surface area contributed by atoms with Gasteiger partial charge in [0.1, 0.15) is 5.69 Å². The average molecular weight is 384 g/mol. The fourth-order valence-electron chi connectivity index (χ4n) is 4.12. The first-order valence-corrected chi connectivity index (χ1v) is 10.2. The van der Waals surface area contributed by atoms with Crippen LogP contribution in [-0.4, -0.2) is 37.8 Å². The fourth-order valence-corrected chi connectivity index (χ4v) is 4.12. The van der Waals surface area contributed by atoms with Gasteiger partial charge in [-0.25, -0.2) is 0 Å². The Kier molecular flexibility index (Phi) is 5.19.